The van der Waals surface area contributed by atoms with Crippen molar-refractivity contribution in [3.05, 3.63) is 29.8 Å². The Bertz CT molecular complexity index is 573. The molecule has 1 atom stereocenters. The number of aliphatic hydroxyl groups is 1. The first-order valence-corrected chi connectivity index (χ1v) is 7.79. The van der Waals surface area contributed by atoms with Crippen LogP contribution in [0.2, 0.25) is 0 Å². The molecule has 6 nitrogen and oxygen atoms in total. The summed E-state index contributed by atoms with van der Waals surface area (Å²) in [6, 6.07) is 5.77. The van der Waals surface area contributed by atoms with Crippen molar-refractivity contribution in [1.82, 2.24) is 0 Å². The van der Waals surface area contributed by atoms with E-state index in [9.17, 15) is 18.3 Å². The Labute approximate surface area is 117 Å². The Morgan fingerprint density at radius 1 is 1.30 bits per heavy atom. The van der Waals surface area contributed by atoms with E-state index in [2.05, 4.69) is 0 Å². The SMILES string of the molecule is O=C(c1ccc(OCC2CCC2)cc1)C(O)S(=O)(=O)O. The third-order valence-electron chi connectivity index (χ3n) is 3.36. The van der Waals surface area contributed by atoms with Crippen molar-refractivity contribution in [2.24, 2.45) is 5.92 Å². The van der Waals surface area contributed by atoms with Gasteiger partial charge in [-0.25, -0.2) is 0 Å². The molecule has 1 saturated carbocycles. The Morgan fingerprint density at radius 3 is 2.35 bits per heavy atom. The molecule has 2 N–H and O–H groups in total. The zero-order chi connectivity index (χ0) is 14.8. The molecule has 0 aromatic heterocycles. The topological polar surface area (TPSA) is 101 Å². The molecule has 7 heteroatoms. The third kappa shape index (κ3) is 3.56. The molecule has 0 heterocycles. The third-order valence-corrected chi connectivity index (χ3v) is 4.13. The molecule has 2 rings (SSSR count). The lowest BCUT2D eigenvalue weighted by molar-refractivity contribution is 0.0848. The van der Waals surface area contributed by atoms with E-state index in [0.717, 1.165) is 12.8 Å². The fraction of sp³-hybridized carbons (Fsp3) is 0.462. The van der Waals surface area contributed by atoms with E-state index in [1.54, 1.807) is 0 Å². The second-order valence-electron chi connectivity index (χ2n) is 4.86. The molecule has 0 bridgehead atoms. The van der Waals surface area contributed by atoms with Crippen molar-refractivity contribution >= 4 is 15.9 Å². The number of aliphatic hydroxyl groups excluding tert-OH is 1. The van der Waals surface area contributed by atoms with Gasteiger partial charge in [-0.15, -0.1) is 0 Å². The van der Waals surface area contributed by atoms with Crippen LogP contribution >= 0.6 is 0 Å². The van der Waals surface area contributed by atoms with Crippen molar-refractivity contribution in [2.75, 3.05) is 6.61 Å². The Morgan fingerprint density at radius 2 is 1.90 bits per heavy atom. The van der Waals surface area contributed by atoms with Gasteiger partial charge in [0.15, 0.2) is 0 Å². The molecule has 0 spiro atoms. The van der Waals surface area contributed by atoms with Gasteiger partial charge in [-0.2, -0.15) is 8.42 Å². The Kier molecular flexibility index (Phi) is 4.42. The predicted octanol–water partition coefficient (Wildman–Crippen LogP) is 1.25. The van der Waals surface area contributed by atoms with E-state index in [0.29, 0.717) is 18.3 Å². The minimum atomic E-state index is -4.80. The molecular weight excluding hydrogens is 284 g/mol. The standard InChI is InChI=1S/C13H16O6S/c14-12(13(15)20(16,17)18)10-4-6-11(7-5-10)19-8-9-2-1-3-9/h4-7,9,13,15H,1-3,8H2,(H,16,17,18). The molecule has 1 unspecified atom stereocenters. The number of hydrogen-bond donors (Lipinski definition) is 2. The van der Waals surface area contributed by atoms with E-state index < -0.39 is 21.3 Å². The molecule has 1 aromatic rings. The maximum absolute atomic E-state index is 11.6. The van der Waals surface area contributed by atoms with Gasteiger partial charge in [0.05, 0.1) is 6.61 Å². The van der Waals surface area contributed by atoms with Crippen LogP contribution in [0, 0.1) is 5.92 Å². The van der Waals surface area contributed by atoms with Gasteiger partial charge in [0.1, 0.15) is 5.75 Å². The largest absolute Gasteiger partial charge is 0.493 e. The molecule has 1 aromatic carbocycles. The molecule has 110 valence electrons. The van der Waals surface area contributed by atoms with Crippen LogP contribution in [0.4, 0.5) is 0 Å². The molecule has 1 aliphatic rings. The van der Waals surface area contributed by atoms with E-state index in [4.69, 9.17) is 9.29 Å². The first-order valence-electron chi connectivity index (χ1n) is 6.29. The summed E-state index contributed by atoms with van der Waals surface area (Å²) < 4.78 is 35.5. The highest BCUT2D eigenvalue weighted by atomic mass is 32.2. The minimum absolute atomic E-state index is 0.00822. The molecule has 20 heavy (non-hydrogen) atoms. The number of rotatable bonds is 6. The van der Waals surface area contributed by atoms with E-state index >= 15 is 0 Å². The number of ketones is 1. The van der Waals surface area contributed by atoms with Crippen molar-refractivity contribution in [2.45, 2.75) is 24.7 Å². The van der Waals surface area contributed by atoms with Gasteiger partial charge in [0, 0.05) is 5.56 Å². The van der Waals surface area contributed by atoms with Crippen molar-refractivity contribution in [3.63, 3.8) is 0 Å². The monoisotopic (exact) mass is 300 g/mol. The van der Waals surface area contributed by atoms with Crippen LogP contribution in [0.5, 0.6) is 5.75 Å². The minimum Gasteiger partial charge on any atom is -0.493 e. The lowest BCUT2D eigenvalue weighted by atomic mass is 9.86. The number of hydrogen-bond acceptors (Lipinski definition) is 5. The number of carbonyl (C=O) groups is 1. The summed E-state index contributed by atoms with van der Waals surface area (Å²) >= 11 is 0. The van der Waals surface area contributed by atoms with Crippen LogP contribution in [-0.4, -0.2) is 35.9 Å². The highest BCUT2D eigenvalue weighted by Gasteiger charge is 2.29. The number of carbonyl (C=O) groups excluding carboxylic acids is 1. The van der Waals surface area contributed by atoms with Crippen molar-refractivity contribution < 1.29 is 27.6 Å². The van der Waals surface area contributed by atoms with Gasteiger partial charge in [-0.05, 0) is 43.0 Å². The van der Waals surface area contributed by atoms with Crippen LogP contribution in [0.1, 0.15) is 29.6 Å². The summed E-state index contributed by atoms with van der Waals surface area (Å²) in [5.41, 5.74) is -2.46. The lowest BCUT2D eigenvalue weighted by Crippen LogP contribution is -2.29. The summed E-state index contributed by atoms with van der Waals surface area (Å²) in [6.45, 7) is 0.626. The first-order chi connectivity index (χ1) is 9.38. The van der Waals surface area contributed by atoms with Crippen molar-refractivity contribution in [3.8, 4) is 5.75 Å². The van der Waals surface area contributed by atoms with Crippen LogP contribution in [0.3, 0.4) is 0 Å². The summed E-state index contributed by atoms with van der Waals surface area (Å²) in [5, 5.41) is 9.17. The zero-order valence-electron chi connectivity index (χ0n) is 10.7. The second-order valence-corrected chi connectivity index (χ2v) is 6.34. The fourth-order valence-electron chi connectivity index (χ4n) is 1.87. The van der Waals surface area contributed by atoms with E-state index in [1.165, 1.54) is 30.7 Å². The van der Waals surface area contributed by atoms with Gasteiger partial charge in [0.2, 0.25) is 11.2 Å². The van der Waals surface area contributed by atoms with Crippen LogP contribution in [-0.2, 0) is 10.1 Å². The molecule has 0 aliphatic heterocycles. The van der Waals surface area contributed by atoms with Gasteiger partial charge >= 0.3 is 0 Å². The zero-order valence-corrected chi connectivity index (χ0v) is 11.5. The van der Waals surface area contributed by atoms with Gasteiger partial charge in [-0.3, -0.25) is 9.35 Å². The average molecular weight is 300 g/mol. The fourth-order valence-corrected chi connectivity index (χ4v) is 2.27. The molecule has 0 saturated heterocycles. The van der Waals surface area contributed by atoms with E-state index in [1.807, 2.05) is 0 Å². The number of ether oxygens (including phenoxy) is 1. The summed E-state index contributed by atoms with van der Waals surface area (Å²) in [5.74, 6) is 0.0884. The molecule has 0 radical (unpaired) electrons. The molecule has 1 fully saturated rings. The second kappa shape index (κ2) is 5.90. The van der Waals surface area contributed by atoms with Gasteiger partial charge in [0.25, 0.3) is 10.1 Å². The highest BCUT2D eigenvalue weighted by Crippen LogP contribution is 2.27. The van der Waals surface area contributed by atoms with Crippen molar-refractivity contribution in [1.29, 1.82) is 0 Å². The van der Waals surface area contributed by atoms with Gasteiger partial charge in [-0.1, -0.05) is 6.42 Å². The first kappa shape index (κ1) is 15.0. The van der Waals surface area contributed by atoms with Gasteiger partial charge < -0.3 is 9.84 Å². The molecular formula is C13H16O6S. The van der Waals surface area contributed by atoms with Crippen LogP contribution < -0.4 is 4.74 Å². The smallest absolute Gasteiger partial charge is 0.299 e. The Hall–Kier alpha value is -1.44. The maximum atomic E-state index is 11.6. The van der Waals surface area contributed by atoms with Crippen LogP contribution in [0.25, 0.3) is 0 Å². The Balaban J connectivity index is 1.98. The number of benzene rings is 1. The normalized spacial score (nSPS) is 17.3. The van der Waals surface area contributed by atoms with E-state index in [-0.39, 0.29) is 5.56 Å². The average Bonchev–Trinajstić information content (AvgIpc) is 2.35. The molecule has 1 aliphatic carbocycles. The van der Waals surface area contributed by atoms with Crippen LogP contribution in [0.15, 0.2) is 24.3 Å². The number of Topliss-reactive ketones (excluding diaryl/α,β-unsaturated/α-hetero) is 1. The summed E-state index contributed by atoms with van der Waals surface area (Å²) in [6.07, 6.45) is 3.56. The predicted molar refractivity (Wildman–Crippen MR) is 71.2 cm³/mol. The quantitative estimate of drug-likeness (QED) is 0.606. The molecule has 0 amide bonds. The summed E-state index contributed by atoms with van der Waals surface area (Å²) in [7, 11) is -4.80. The summed E-state index contributed by atoms with van der Waals surface area (Å²) in [4.78, 5) is 11.6. The maximum Gasteiger partial charge on any atom is 0.299 e. The lowest BCUT2D eigenvalue weighted by Gasteiger charge is -2.25. The highest BCUT2D eigenvalue weighted by molar-refractivity contribution is 7.87.